The Labute approximate surface area is 141 Å². The summed E-state index contributed by atoms with van der Waals surface area (Å²) in [6.45, 7) is 4.11. The summed E-state index contributed by atoms with van der Waals surface area (Å²) in [5, 5.41) is 9.52. The number of aryl methyl sites for hydroxylation is 1. The van der Waals surface area contributed by atoms with Gasteiger partial charge in [0.2, 0.25) is 11.8 Å². The van der Waals surface area contributed by atoms with Gasteiger partial charge in [-0.1, -0.05) is 5.16 Å². The number of aromatic nitrogens is 2. The molecule has 1 fully saturated rings. The minimum absolute atomic E-state index is 0.0865. The Kier molecular flexibility index (Phi) is 6.98. The smallest absolute Gasteiger partial charge is 0.318 e. The highest BCUT2D eigenvalue weighted by atomic mass is 16.5. The summed E-state index contributed by atoms with van der Waals surface area (Å²) in [4.78, 5) is 29.8. The van der Waals surface area contributed by atoms with Gasteiger partial charge in [0, 0.05) is 39.6 Å². The quantitative estimate of drug-likeness (QED) is 0.672. The molecule has 9 heteroatoms. The normalized spacial score (nSPS) is 17.1. The molecule has 1 saturated heterocycles. The Morgan fingerprint density at radius 1 is 1.42 bits per heavy atom. The number of rotatable bonds is 8. The Balaban J connectivity index is 1.86. The van der Waals surface area contributed by atoms with Crippen molar-refractivity contribution in [2.24, 2.45) is 0 Å². The predicted molar refractivity (Wildman–Crippen MR) is 85.3 cm³/mol. The number of nitrogens with one attached hydrogen (secondary N) is 2. The van der Waals surface area contributed by atoms with Gasteiger partial charge >= 0.3 is 6.03 Å². The van der Waals surface area contributed by atoms with Gasteiger partial charge in [0.05, 0.1) is 12.6 Å². The second-order valence-corrected chi connectivity index (χ2v) is 5.58. The number of urea groups is 1. The maximum Gasteiger partial charge on any atom is 0.318 e. The average Bonchev–Trinajstić information content (AvgIpc) is 3.22. The highest BCUT2D eigenvalue weighted by molar-refractivity contribution is 5.76. The Bertz CT molecular complexity index is 548. The van der Waals surface area contributed by atoms with Crippen LogP contribution in [0.3, 0.4) is 0 Å². The minimum atomic E-state index is -0.162. The predicted octanol–water partition coefficient (Wildman–Crippen LogP) is 0.631. The maximum atomic E-state index is 12.0. The summed E-state index contributed by atoms with van der Waals surface area (Å²) < 4.78 is 10.1. The molecule has 1 aliphatic heterocycles. The SMILES string of the molecule is CCNC(=O)N1CCCC1c1noc(CCC(=O)NCCOC)n1. The fourth-order valence-electron chi connectivity index (χ4n) is 2.64. The number of amides is 3. The van der Waals surface area contributed by atoms with E-state index in [1.807, 2.05) is 6.92 Å². The fraction of sp³-hybridized carbons (Fsp3) is 0.733. The van der Waals surface area contributed by atoms with Gasteiger partial charge in [-0.3, -0.25) is 4.79 Å². The van der Waals surface area contributed by atoms with E-state index in [0.717, 1.165) is 12.8 Å². The van der Waals surface area contributed by atoms with Gasteiger partial charge in [-0.15, -0.1) is 0 Å². The first-order chi connectivity index (χ1) is 11.7. The number of hydrogen-bond acceptors (Lipinski definition) is 6. The lowest BCUT2D eigenvalue weighted by atomic mass is 10.2. The summed E-state index contributed by atoms with van der Waals surface area (Å²) in [6.07, 6.45) is 2.37. The number of methoxy groups -OCH3 is 1. The van der Waals surface area contributed by atoms with E-state index in [4.69, 9.17) is 9.26 Å². The van der Waals surface area contributed by atoms with Crippen LogP contribution in [0.1, 0.15) is 43.9 Å². The van der Waals surface area contributed by atoms with Crippen LogP contribution in [0.5, 0.6) is 0 Å². The molecule has 0 bridgehead atoms. The summed E-state index contributed by atoms with van der Waals surface area (Å²) in [7, 11) is 1.58. The molecule has 1 aliphatic rings. The molecule has 1 aromatic rings. The topological polar surface area (TPSA) is 110 Å². The van der Waals surface area contributed by atoms with Gasteiger partial charge in [0.15, 0.2) is 5.82 Å². The number of carbonyl (C=O) groups is 2. The van der Waals surface area contributed by atoms with E-state index in [1.54, 1.807) is 12.0 Å². The molecule has 0 spiro atoms. The van der Waals surface area contributed by atoms with Gasteiger partial charge in [0.1, 0.15) is 0 Å². The van der Waals surface area contributed by atoms with Crippen LogP contribution < -0.4 is 10.6 Å². The van der Waals surface area contributed by atoms with E-state index in [9.17, 15) is 9.59 Å². The third-order valence-corrected chi connectivity index (χ3v) is 3.82. The third kappa shape index (κ3) is 4.92. The highest BCUT2D eigenvalue weighted by Crippen LogP contribution is 2.30. The zero-order valence-corrected chi connectivity index (χ0v) is 14.2. The van der Waals surface area contributed by atoms with Crippen molar-refractivity contribution in [2.45, 2.75) is 38.6 Å². The zero-order chi connectivity index (χ0) is 17.4. The van der Waals surface area contributed by atoms with Crippen molar-refractivity contribution in [3.63, 3.8) is 0 Å². The highest BCUT2D eigenvalue weighted by Gasteiger charge is 2.33. The lowest BCUT2D eigenvalue weighted by molar-refractivity contribution is -0.121. The molecule has 1 aromatic heterocycles. The second-order valence-electron chi connectivity index (χ2n) is 5.58. The summed E-state index contributed by atoms with van der Waals surface area (Å²) in [6, 6.07) is -0.270. The van der Waals surface area contributed by atoms with E-state index >= 15 is 0 Å². The second kappa shape index (κ2) is 9.21. The van der Waals surface area contributed by atoms with Crippen LogP contribution >= 0.6 is 0 Å². The van der Waals surface area contributed by atoms with Crippen molar-refractivity contribution < 1.29 is 18.8 Å². The standard InChI is InChI=1S/C15H25N5O4/c1-3-16-15(22)20-9-4-5-11(20)14-18-13(24-19-14)7-6-12(21)17-8-10-23-2/h11H,3-10H2,1-2H3,(H,16,22)(H,17,21). The van der Waals surface area contributed by atoms with Crippen LogP contribution in [-0.2, 0) is 16.0 Å². The van der Waals surface area contributed by atoms with Crippen molar-refractivity contribution in [1.82, 2.24) is 25.7 Å². The lowest BCUT2D eigenvalue weighted by Crippen LogP contribution is -2.39. The zero-order valence-electron chi connectivity index (χ0n) is 14.2. The molecule has 0 radical (unpaired) electrons. The van der Waals surface area contributed by atoms with Crippen LogP contribution in [-0.4, -0.2) is 60.3 Å². The summed E-state index contributed by atoms with van der Waals surface area (Å²) in [5.74, 6) is 0.833. The van der Waals surface area contributed by atoms with Gasteiger partial charge < -0.3 is 24.8 Å². The van der Waals surface area contributed by atoms with Crippen molar-refractivity contribution in [3.8, 4) is 0 Å². The van der Waals surface area contributed by atoms with E-state index in [2.05, 4.69) is 20.8 Å². The molecule has 0 aliphatic carbocycles. The molecular formula is C15H25N5O4. The van der Waals surface area contributed by atoms with Crippen LogP contribution in [0.25, 0.3) is 0 Å². The van der Waals surface area contributed by atoms with E-state index in [-0.39, 0.29) is 24.4 Å². The Morgan fingerprint density at radius 3 is 3.00 bits per heavy atom. The number of hydrogen-bond donors (Lipinski definition) is 2. The first-order valence-corrected chi connectivity index (χ1v) is 8.28. The van der Waals surface area contributed by atoms with E-state index < -0.39 is 0 Å². The molecule has 0 saturated carbocycles. The lowest BCUT2D eigenvalue weighted by Gasteiger charge is -2.22. The van der Waals surface area contributed by atoms with Crippen molar-refractivity contribution in [2.75, 3.05) is 33.4 Å². The number of nitrogens with zero attached hydrogens (tertiary/aromatic N) is 3. The summed E-state index contributed by atoms with van der Waals surface area (Å²) >= 11 is 0. The van der Waals surface area contributed by atoms with Gasteiger partial charge in [-0.2, -0.15) is 4.98 Å². The van der Waals surface area contributed by atoms with Crippen molar-refractivity contribution in [3.05, 3.63) is 11.7 Å². The minimum Gasteiger partial charge on any atom is -0.383 e. The molecule has 2 rings (SSSR count). The molecular weight excluding hydrogens is 314 g/mol. The molecule has 9 nitrogen and oxygen atoms in total. The van der Waals surface area contributed by atoms with Gasteiger partial charge in [-0.05, 0) is 19.8 Å². The maximum absolute atomic E-state index is 12.0. The van der Waals surface area contributed by atoms with Crippen LogP contribution in [0, 0.1) is 0 Å². The molecule has 1 atom stereocenters. The first kappa shape index (κ1) is 18.2. The molecule has 3 amide bonds. The molecule has 134 valence electrons. The molecule has 24 heavy (non-hydrogen) atoms. The molecule has 0 aromatic carbocycles. The van der Waals surface area contributed by atoms with E-state index in [1.165, 1.54) is 0 Å². The summed E-state index contributed by atoms with van der Waals surface area (Å²) in [5.41, 5.74) is 0. The molecule has 2 N–H and O–H groups in total. The average molecular weight is 339 g/mol. The Hall–Kier alpha value is -2.16. The van der Waals surface area contributed by atoms with Crippen LogP contribution in [0.2, 0.25) is 0 Å². The van der Waals surface area contributed by atoms with Crippen LogP contribution in [0.15, 0.2) is 4.52 Å². The molecule has 2 heterocycles. The first-order valence-electron chi connectivity index (χ1n) is 8.28. The number of likely N-dealkylation sites (tertiary alicyclic amines) is 1. The van der Waals surface area contributed by atoms with E-state index in [0.29, 0.717) is 44.4 Å². The number of carbonyl (C=O) groups excluding carboxylic acids is 2. The van der Waals surface area contributed by atoms with Crippen molar-refractivity contribution >= 4 is 11.9 Å². The van der Waals surface area contributed by atoms with Gasteiger partial charge in [0.25, 0.3) is 0 Å². The Morgan fingerprint density at radius 2 is 2.25 bits per heavy atom. The van der Waals surface area contributed by atoms with Crippen molar-refractivity contribution in [1.29, 1.82) is 0 Å². The van der Waals surface area contributed by atoms with Crippen LogP contribution in [0.4, 0.5) is 4.79 Å². The fourth-order valence-corrected chi connectivity index (χ4v) is 2.64. The van der Waals surface area contributed by atoms with Gasteiger partial charge in [-0.25, -0.2) is 4.79 Å². The molecule has 1 unspecified atom stereocenters. The number of ether oxygens (including phenoxy) is 1. The monoisotopic (exact) mass is 339 g/mol. The largest absolute Gasteiger partial charge is 0.383 e. The third-order valence-electron chi connectivity index (χ3n) is 3.82.